The van der Waals surface area contributed by atoms with Gasteiger partial charge in [-0.05, 0) is 6.42 Å². The average molecular weight is 296 g/mol. The molecule has 0 heterocycles. The number of hydrogen-bond acceptors (Lipinski definition) is 1. The van der Waals surface area contributed by atoms with Crippen LogP contribution in [0.25, 0.3) is 0 Å². The summed E-state index contributed by atoms with van der Waals surface area (Å²) in [5.74, 6) is 0.958. The zero-order chi connectivity index (χ0) is 10.1. The summed E-state index contributed by atoms with van der Waals surface area (Å²) in [6.45, 7) is 3.07. The largest absolute Gasteiger partial charge is 2.00 e. The van der Waals surface area contributed by atoms with Gasteiger partial charge in [-0.15, -0.1) is 12.1 Å². The third kappa shape index (κ3) is 9.49. The molecule has 0 N–H and O–H groups in total. The number of benzene rings is 1. The van der Waals surface area contributed by atoms with Crippen LogP contribution in [-0.4, -0.2) is 29.7 Å². The van der Waals surface area contributed by atoms with E-state index < -0.39 is 0 Å². The molecule has 1 aromatic carbocycles. The minimum atomic E-state index is 0. The molecule has 0 aliphatic rings. The van der Waals surface area contributed by atoms with Crippen molar-refractivity contribution < 1.29 is 21.7 Å². The monoisotopic (exact) mass is 294 g/mol. The van der Waals surface area contributed by atoms with Gasteiger partial charge < -0.3 is 21.7 Å². The maximum Gasteiger partial charge on any atom is 2.00 e. The number of rotatable bonds is 7. The predicted molar refractivity (Wildman–Crippen MR) is 65.3 cm³/mol. The number of unbranched alkanes of at least 4 members (excludes halogenated alkanes) is 4. The van der Waals surface area contributed by atoms with Crippen molar-refractivity contribution in [2.24, 2.45) is 0 Å². The van der Waals surface area contributed by atoms with Crippen molar-refractivity contribution in [1.82, 2.24) is 0 Å². The van der Waals surface area contributed by atoms with Gasteiger partial charge in [-0.25, -0.2) is 0 Å². The molecule has 0 saturated carbocycles. The fourth-order valence-electron chi connectivity index (χ4n) is 1.36. The quantitative estimate of drug-likeness (QED) is 0.403. The van der Waals surface area contributed by atoms with E-state index in [0.29, 0.717) is 0 Å². The summed E-state index contributed by atoms with van der Waals surface area (Å²) < 4.78 is 5.57. The molecule has 0 aliphatic heterocycles. The van der Waals surface area contributed by atoms with Crippen molar-refractivity contribution in [2.45, 2.75) is 39.0 Å². The zero-order valence-corrected chi connectivity index (χ0v) is 13.0. The van der Waals surface area contributed by atoms with E-state index in [0.717, 1.165) is 12.4 Å². The van der Waals surface area contributed by atoms with Gasteiger partial charge in [0.25, 0.3) is 0 Å². The van der Waals surface area contributed by atoms with Crippen LogP contribution in [0.2, 0.25) is 0 Å². The van der Waals surface area contributed by atoms with Crippen molar-refractivity contribution in [3.63, 3.8) is 0 Å². The molecule has 0 atom stereocenters. The summed E-state index contributed by atoms with van der Waals surface area (Å²) in [6, 6.07) is 10.6. The minimum absolute atomic E-state index is 0. The molecule has 0 amide bonds. The number of halogens is 1. The SMILES string of the molecule is CCCCCCCOc1cc[c-]cc1.[Br-].[Mg+2]. The first-order chi connectivity index (χ1) is 6.93. The Hall–Kier alpha value is 0.266. The Morgan fingerprint density at radius 3 is 2.31 bits per heavy atom. The normalized spacial score (nSPS) is 8.81. The molecule has 0 saturated heterocycles. The van der Waals surface area contributed by atoms with E-state index in [2.05, 4.69) is 13.0 Å². The zero-order valence-electron chi connectivity index (χ0n) is 10.0. The summed E-state index contributed by atoms with van der Waals surface area (Å²) in [7, 11) is 0. The smallest absolute Gasteiger partial charge is 1.00 e. The molecule has 0 aliphatic carbocycles. The molecule has 0 unspecified atom stereocenters. The molecule has 86 valence electrons. The van der Waals surface area contributed by atoms with E-state index in [1.54, 1.807) is 0 Å². The Bertz CT molecular complexity index is 229. The van der Waals surface area contributed by atoms with Gasteiger partial charge >= 0.3 is 23.1 Å². The maximum absolute atomic E-state index is 5.57. The van der Waals surface area contributed by atoms with Gasteiger partial charge in [-0.3, -0.25) is 0 Å². The second kappa shape index (κ2) is 13.3. The standard InChI is InChI=1S/C13H19O.BrH.Mg/c1-2-3-4-5-9-12-14-13-10-7-6-8-11-13;;/h7-8,10-11H,2-5,9,12H2,1H3;1H;/q-1;;+2/p-1. The van der Waals surface area contributed by atoms with Crippen molar-refractivity contribution in [2.75, 3.05) is 6.61 Å². The Morgan fingerprint density at radius 2 is 1.69 bits per heavy atom. The molecule has 0 radical (unpaired) electrons. The average Bonchev–Trinajstić information content (AvgIpc) is 2.25. The van der Waals surface area contributed by atoms with Crippen LogP contribution in [0.15, 0.2) is 24.3 Å². The first-order valence-corrected chi connectivity index (χ1v) is 5.52. The van der Waals surface area contributed by atoms with E-state index in [4.69, 9.17) is 4.74 Å². The van der Waals surface area contributed by atoms with E-state index >= 15 is 0 Å². The fraction of sp³-hybridized carbons (Fsp3) is 0.538. The van der Waals surface area contributed by atoms with Crippen molar-refractivity contribution in [3.05, 3.63) is 30.3 Å². The molecule has 1 nitrogen and oxygen atoms in total. The third-order valence-corrected chi connectivity index (χ3v) is 2.20. The summed E-state index contributed by atoms with van der Waals surface area (Å²) in [5, 5.41) is 0. The topological polar surface area (TPSA) is 9.23 Å². The van der Waals surface area contributed by atoms with Crippen LogP contribution in [-0.2, 0) is 0 Å². The Kier molecular flexibility index (Phi) is 15.5. The van der Waals surface area contributed by atoms with E-state index in [-0.39, 0.29) is 40.0 Å². The van der Waals surface area contributed by atoms with Crippen LogP contribution in [0, 0.1) is 6.07 Å². The Morgan fingerprint density at radius 1 is 1.06 bits per heavy atom. The predicted octanol–water partition coefficient (Wildman–Crippen LogP) is 0.459. The van der Waals surface area contributed by atoms with E-state index in [1.807, 2.05) is 24.3 Å². The minimum Gasteiger partial charge on any atom is -1.00 e. The molecule has 0 spiro atoms. The third-order valence-electron chi connectivity index (χ3n) is 2.20. The van der Waals surface area contributed by atoms with Crippen LogP contribution < -0.4 is 21.7 Å². The van der Waals surface area contributed by atoms with Gasteiger partial charge in [0.15, 0.2) is 0 Å². The maximum atomic E-state index is 5.57. The molecule has 1 aromatic rings. The molecule has 3 heteroatoms. The van der Waals surface area contributed by atoms with Gasteiger partial charge in [-0.1, -0.05) is 32.6 Å². The van der Waals surface area contributed by atoms with Crippen LogP contribution in [0.5, 0.6) is 5.75 Å². The fourth-order valence-corrected chi connectivity index (χ4v) is 1.36. The van der Waals surface area contributed by atoms with Gasteiger partial charge in [-0.2, -0.15) is 18.2 Å². The molecule has 0 aromatic heterocycles. The second-order valence-corrected chi connectivity index (χ2v) is 3.50. The summed E-state index contributed by atoms with van der Waals surface area (Å²) in [5.41, 5.74) is 0. The van der Waals surface area contributed by atoms with Gasteiger partial charge in [0, 0.05) is 5.75 Å². The van der Waals surface area contributed by atoms with Gasteiger partial charge in [0.2, 0.25) is 0 Å². The number of hydrogen-bond donors (Lipinski definition) is 0. The van der Waals surface area contributed by atoms with Gasteiger partial charge in [0.1, 0.15) is 0 Å². The first kappa shape index (κ1) is 18.6. The van der Waals surface area contributed by atoms with E-state index in [9.17, 15) is 0 Å². The van der Waals surface area contributed by atoms with Crippen LogP contribution in [0.1, 0.15) is 39.0 Å². The molecular formula is C13H19BrMgO. The summed E-state index contributed by atoms with van der Waals surface area (Å²) in [6.07, 6.45) is 6.43. The van der Waals surface area contributed by atoms with Crippen LogP contribution in [0.3, 0.4) is 0 Å². The molecule has 0 fully saturated rings. The summed E-state index contributed by atoms with van der Waals surface area (Å²) >= 11 is 0. The van der Waals surface area contributed by atoms with Gasteiger partial charge in [0.05, 0.1) is 6.61 Å². The summed E-state index contributed by atoms with van der Waals surface area (Å²) in [4.78, 5) is 0. The molecule has 16 heavy (non-hydrogen) atoms. The van der Waals surface area contributed by atoms with Crippen LogP contribution in [0.4, 0.5) is 0 Å². The first-order valence-electron chi connectivity index (χ1n) is 5.52. The molecular weight excluding hydrogens is 276 g/mol. The van der Waals surface area contributed by atoms with Crippen LogP contribution >= 0.6 is 0 Å². The molecule has 1 rings (SSSR count). The molecule has 0 bridgehead atoms. The van der Waals surface area contributed by atoms with Crippen molar-refractivity contribution in [1.29, 1.82) is 0 Å². The number of ether oxygens (including phenoxy) is 1. The Balaban J connectivity index is 0. The van der Waals surface area contributed by atoms with Crippen molar-refractivity contribution in [3.8, 4) is 5.75 Å². The second-order valence-electron chi connectivity index (χ2n) is 3.50. The Labute approximate surface area is 126 Å². The van der Waals surface area contributed by atoms with Crippen molar-refractivity contribution >= 4 is 23.1 Å². The van der Waals surface area contributed by atoms with E-state index in [1.165, 1.54) is 32.1 Å².